The molecule has 2 aromatic rings. The molecule has 0 aliphatic heterocycles. The number of benzene rings is 1. The predicted molar refractivity (Wildman–Crippen MR) is 91.9 cm³/mol. The third-order valence-corrected chi connectivity index (χ3v) is 3.32. The van der Waals surface area contributed by atoms with Gasteiger partial charge in [-0.3, -0.25) is 9.59 Å². The molecule has 9 heteroatoms. The van der Waals surface area contributed by atoms with Gasteiger partial charge in [0.15, 0.2) is 18.1 Å². The Morgan fingerprint density at radius 3 is 2.88 bits per heavy atom. The minimum atomic E-state index is -1.02. The van der Waals surface area contributed by atoms with Crippen molar-refractivity contribution in [2.75, 3.05) is 13.7 Å². The number of carbonyl (C=O) groups excluding carboxylic acids is 1. The summed E-state index contributed by atoms with van der Waals surface area (Å²) in [6.07, 6.45) is 3.95. The number of amides is 1. The molecule has 2 rings (SSSR count). The van der Waals surface area contributed by atoms with Crippen LogP contribution in [0, 0.1) is 0 Å². The Kier molecular flexibility index (Phi) is 6.72. The van der Waals surface area contributed by atoms with Gasteiger partial charge in [0.2, 0.25) is 0 Å². The topological polar surface area (TPSA) is 116 Å². The number of carboxylic acids is 1. The van der Waals surface area contributed by atoms with Crippen LogP contribution in [0.3, 0.4) is 0 Å². The van der Waals surface area contributed by atoms with Crippen molar-refractivity contribution >= 4 is 11.9 Å². The highest BCUT2D eigenvalue weighted by Crippen LogP contribution is 2.28. The maximum Gasteiger partial charge on any atom is 0.325 e. The van der Waals surface area contributed by atoms with E-state index in [-0.39, 0.29) is 25.6 Å². The molecule has 1 aromatic carbocycles. The number of ether oxygens (including phenoxy) is 2. The van der Waals surface area contributed by atoms with E-state index in [1.807, 2.05) is 12.1 Å². The Bertz CT molecular complexity index is 787. The Labute approximate surface area is 150 Å². The van der Waals surface area contributed by atoms with Crippen molar-refractivity contribution in [2.24, 2.45) is 0 Å². The lowest BCUT2D eigenvalue weighted by Crippen LogP contribution is -2.28. The fourth-order valence-corrected chi connectivity index (χ4v) is 2.14. The number of allylic oxidation sites excluding steroid dienone is 1. The molecular formula is C17H20N4O5. The van der Waals surface area contributed by atoms with E-state index < -0.39 is 5.97 Å². The molecule has 0 radical (unpaired) electrons. The van der Waals surface area contributed by atoms with Crippen LogP contribution in [0.5, 0.6) is 11.5 Å². The molecule has 2 N–H and O–H groups in total. The zero-order valence-corrected chi connectivity index (χ0v) is 14.3. The van der Waals surface area contributed by atoms with Gasteiger partial charge in [-0.15, -0.1) is 11.7 Å². The monoisotopic (exact) mass is 360 g/mol. The Balaban J connectivity index is 1.84. The summed E-state index contributed by atoms with van der Waals surface area (Å²) in [5.41, 5.74) is 1.48. The van der Waals surface area contributed by atoms with Gasteiger partial charge < -0.3 is 19.9 Å². The van der Waals surface area contributed by atoms with Gasteiger partial charge in [-0.2, -0.15) is 0 Å². The number of aliphatic carboxylic acids is 1. The summed E-state index contributed by atoms with van der Waals surface area (Å²) in [7, 11) is 1.53. The lowest BCUT2D eigenvalue weighted by molar-refractivity contribution is -0.138. The molecule has 0 aliphatic rings. The lowest BCUT2D eigenvalue weighted by Gasteiger charge is -2.11. The van der Waals surface area contributed by atoms with Crippen molar-refractivity contribution in [2.45, 2.75) is 19.5 Å². The molecule has 1 amide bonds. The molecule has 0 unspecified atom stereocenters. The standard InChI is InChI=1S/C17H20N4O5/c1-3-4-12-5-6-14(15(7-12)25-2)26-11-16(22)18-8-13-9-21(20-19-13)10-17(23)24/h3,5-7,9H,1,4,8,10-11H2,2H3,(H,18,22)(H,23,24). The van der Waals surface area contributed by atoms with E-state index in [2.05, 4.69) is 22.2 Å². The highest BCUT2D eigenvalue weighted by Gasteiger charge is 2.10. The summed E-state index contributed by atoms with van der Waals surface area (Å²) < 4.78 is 11.9. The molecule has 138 valence electrons. The number of aromatic nitrogens is 3. The summed E-state index contributed by atoms with van der Waals surface area (Å²) in [6.45, 7) is 3.33. The first-order valence-electron chi connectivity index (χ1n) is 7.80. The summed E-state index contributed by atoms with van der Waals surface area (Å²) >= 11 is 0. The van der Waals surface area contributed by atoms with E-state index in [1.54, 1.807) is 12.1 Å². The second kappa shape index (κ2) is 9.21. The molecule has 26 heavy (non-hydrogen) atoms. The van der Waals surface area contributed by atoms with Crippen LogP contribution in [0.15, 0.2) is 37.1 Å². The largest absolute Gasteiger partial charge is 0.493 e. The van der Waals surface area contributed by atoms with Gasteiger partial charge in [0, 0.05) is 0 Å². The van der Waals surface area contributed by atoms with Gasteiger partial charge in [0.05, 0.1) is 19.9 Å². The van der Waals surface area contributed by atoms with E-state index in [1.165, 1.54) is 18.0 Å². The predicted octanol–water partition coefficient (Wildman–Crippen LogP) is 0.795. The van der Waals surface area contributed by atoms with E-state index in [0.717, 1.165) is 5.56 Å². The number of carboxylic acid groups (broad SMARTS) is 1. The van der Waals surface area contributed by atoms with Gasteiger partial charge >= 0.3 is 5.97 Å². The summed E-state index contributed by atoms with van der Waals surface area (Å²) in [5, 5.41) is 18.7. The van der Waals surface area contributed by atoms with Crippen molar-refractivity contribution in [1.29, 1.82) is 0 Å². The van der Waals surface area contributed by atoms with Crippen LogP contribution in [-0.2, 0) is 29.1 Å². The molecule has 9 nitrogen and oxygen atoms in total. The SMILES string of the molecule is C=CCc1ccc(OCC(=O)NCc2cn(CC(=O)O)nn2)c(OC)c1. The molecule has 1 heterocycles. The smallest absolute Gasteiger partial charge is 0.325 e. The van der Waals surface area contributed by atoms with E-state index in [4.69, 9.17) is 14.6 Å². The van der Waals surface area contributed by atoms with Gasteiger partial charge in [0.1, 0.15) is 12.2 Å². The molecule has 0 fully saturated rings. The van der Waals surface area contributed by atoms with Crippen LogP contribution >= 0.6 is 0 Å². The average Bonchev–Trinajstić information content (AvgIpc) is 3.05. The van der Waals surface area contributed by atoms with Gasteiger partial charge in [-0.05, 0) is 24.1 Å². The van der Waals surface area contributed by atoms with Crippen molar-refractivity contribution in [3.63, 3.8) is 0 Å². The second-order valence-corrected chi connectivity index (χ2v) is 5.34. The molecule has 0 atom stereocenters. The van der Waals surface area contributed by atoms with Crippen molar-refractivity contribution in [3.05, 3.63) is 48.3 Å². The zero-order chi connectivity index (χ0) is 18.9. The van der Waals surface area contributed by atoms with Crippen LogP contribution in [0.25, 0.3) is 0 Å². The van der Waals surface area contributed by atoms with E-state index in [0.29, 0.717) is 23.6 Å². The van der Waals surface area contributed by atoms with Crippen LogP contribution in [0.4, 0.5) is 0 Å². The summed E-state index contributed by atoms with van der Waals surface area (Å²) in [5.74, 6) is -0.376. The maximum atomic E-state index is 11.9. The highest BCUT2D eigenvalue weighted by atomic mass is 16.5. The number of rotatable bonds is 10. The summed E-state index contributed by atoms with van der Waals surface area (Å²) in [6, 6.07) is 5.44. The maximum absolute atomic E-state index is 11.9. The fraction of sp³-hybridized carbons (Fsp3) is 0.294. The Morgan fingerprint density at radius 2 is 2.19 bits per heavy atom. The molecule has 1 aromatic heterocycles. The van der Waals surface area contributed by atoms with Gasteiger partial charge in [-0.25, -0.2) is 4.68 Å². The van der Waals surface area contributed by atoms with Crippen molar-refractivity contribution < 1.29 is 24.2 Å². The number of carbonyl (C=O) groups is 2. The number of nitrogens with one attached hydrogen (secondary N) is 1. The van der Waals surface area contributed by atoms with Crippen molar-refractivity contribution in [3.8, 4) is 11.5 Å². The molecule has 0 aliphatic carbocycles. The van der Waals surface area contributed by atoms with Crippen molar-refractivity contribution in [1.82, 2.24) is 20.3 Å². The van der Waals surface area contributed by atoms with Crippen LogP contribution in [0.1, 0.15) is 11.3 Å². The zero-order valence-electron chi connectivity index (χ0n) is 14.3. The normalized spacial score (nSPS) is 10.2. The number of hydrogen-bond acceptors (Lipinski definition) is 6. The van der Waals surface area contributed by atoms with Crippen LogP contribution < -0.4 is 14.8 Å². The first-order chi connectivity index (χ1) is 12.5. The van der Waals surface area contributed by atoms with Crippen LogP contribution in [0.2, 0.25) is 0 Å². The third kappa shape index (κ3) is 5.62. The van der Waals surface area contributed by atoms with Gasteiger partial charge in [-0.1, -0.05) is 17.4 Å². The second-order valence-electron chi connectivity index (χ2n) is 5.34. The van der Waals surface area contributed by atoms with Gasteiger partial charge in [0.25, 0.3) is 5.91 Å². The van der Waals surface area contributed by atoms with E-state index in [9.17, 15) is 9.59 Å². The number of hydrogen-bond donors (Lipinski definition) is 2. The minimum absolute atomic E-state index is 0.122. The molecule has 0 saturated heterocycles. The van der Waals surface area contributed by atoms with E-state index >= 15 is 0 Å². The molecular weight excluding hydrogens is 340 g/mol. The lowest BCUT2D eigenvalue weighted by atomic mass is 10.1. The number of nitrogens with zero attached hydrogens (tertiary/aromatic N) is 3. The Hall–Kier alpha value is -3.36. The molecule has 0 bridgehead atoms. The average molecular weight is 360 g/mol. The number of methoxy groups -OCH3 is 1. The summed E-state index contributed by atoms with van der Waals surface area (Å²) in [4.78, 5) is 22.5. The first kappa shape index (κ1) is 19.0. The Morgan fingerprint density at radius 1 is 1.38 bits per heavy atom. The third-order valence-electron chi connectivity index (χ3n) is 3.32. The quantitative estimate of drug-likeness (QED) is 0.602. The molecule has 0 spiro atoms. The van der Waals surface area contributed by atoms with Crippen LogP contribution in [-0.4, -0.2) is 45.7 Å². The highest BCUT2D eigenvalue weighted by molar-refractivity contribution is 5.77. The molecule has 0 saturated carbocycles. The minimum Gasteiger partial charge on any atom is -0.493 e. The first-order valence-corrected chi connectivity index (χ1v) is 7.80. The fourth-order valence-electron chi connectivity index (χ4n) is 2.14.